The summed E-state index contributed by atoms with van der Waals surface area (Å²) in [5.41, 5.74) is 1.01. The van der Waals surface area contributed by atoms with Crippen molar-refractivity contribution in [3.8, 4) is 0 Å². The van der Waals surface area contributed by atoms with E-state index < -0.39 is 10.0 Å². The zero-order valence-electron chi connectivity index (χ0n) is 11.1. The SMILES string of the molecule is O=S(=O)(c1ccccc1)N1CCS[C@@H]1c1ccc(Br)cc1. The van der Waals surface area contributed by atoms with Crippen molar-refractivity contribution in [2.75, 3.05) is 12.3 Å². The third-order valence-corrected chi connectivity index (χ3v) is 7.16. The summed E-state index contributed by atoms with van der Waals surface area (Å²) in [7, 11) is -3.45. The fourth-order valence-corrected chi connectivity index (χ4v) is 5.84. The molecule has 0 aliphatic carbocycles. The summed E-state index contributed by atoms with van der Waals surface area (Å²) < 4.78 is 28.2. The normalized spacial score (nSPS) is 19.8. The maximum absolute atomic E-state index is 12.8. The molecule has 21 heavy (non-hydrogen) atoms. The summed E-state index contributed by atoms with van der Waals surface area (Å²) in [6.45, 7) is 0.544. The summed E-state index contributed by atoms with van der Waals surface area (Å²) in [4.78, 5) is 0.356. The first-order valence-corrected chi connectivity index (χ1v) is 9.81. The molecule has 3 nitrogen and oxygen atoms in total. The van der Waals surface area contributed by atoms with E-state index in [0.29, 0.717) is 11.4 Å². The lowest BCUT2D eigenvalue weighted by Crippen LogP contribution is -2.30. The highest BCUT2D eigenvalue weighted by molar-refractivity contribution is 9.10. The molecule has 3 rings (SSSR count). The van der Waals surface area contributed by atoms with Gasteiger partial charge in [0.1, 0.15) is 0 Å². The van der Waals surface area contributed by atoms with Gasteiger partial charge in [0.05, 0.1) is 10.3 Å². The summed E-state index contributed by atoms with van der Waals surface area (Å²) in [5, 5.41) is -0.150. The highest BCUT2D eigenvalue weighted by Gasteiger charge is 2.36. The Morgan fingerprint density at radius 3 is 2.38 bits per heavy atom. The van der Waals surface area contributed by atoms with E-state index in [1.165, 1.54) is 0 Å². The molecule has 1 heterocycles. The topological polar surface area (TPSA) is 37.4 Å². The molecule has 0 amide bonds. The lowest BCUT2D eigenvalue weighted by atomic mass is 10.2. The van der Waals surface area contributed by atoms with E-state index in [-0.39, 0.29) is 5.37 Å². The molecule has 1 saturated heterocycles. The molecule has 0 bridgehead atoms. The maximum atomic E-state index is 12.8. The van der Waals surface area contributed by atoms with Crippen LogP contribution in [-0.4, -0.2) is 25.0 Å². The molecule has 1 fully saturated rings. The van der Waals surface area contributed by atoms with Gasteiger partial charge in [-0.05, 0) is 29.8 Å². The fraction of sp³-hybridized carbons (Fsp3) is 0.200. The van der Waals surface area contributed by atoms with Gasteiger partial charge in [-0.15, -0.1) is 11.8 Å². The average molecular weight is 384 g/mol. The minimum atomic E-state index is -3.45. The predicted molar refractivity (Wildman–Crippen MR) is 89.7 cm³/mol. The Kier molecular flexibility index (Phi) is 4.40. The van der Waals surface area contributed by atoms with E-state index in [1.54, 1.807) is 40.3 Å². The van der Waals surface area contributed by atoms with Crippen LogP contribution >= 0.6 is 27.7 Å². The fourth-order valence-electron chi connectivity index (χ4n) is 2.32. The smallest absolute Gasteiger partial charge is 0.207 e. The van der Waals surface area contributed by atoms with Crippen LogP contribution < -0.4 is 0 Å². The minimum Gasteiger partial charge on any atom is -0.207 e. The van der Waals surface area contributed by atoms with Crippen LogP contribution in [0.3, 0.4) is 0 Å². The van der Waals surface area contributed by atoms with Crippen LogP contribution in [-0.2, 0) is 10.0 Å². The Morgan fingerprint density at radius 2 is 1.71 bits per heavy atom. The standard InChI is InChI=1S/C15H14BrNO2S2/c16-13-8-6-12(7-9-13)15-17(10-11-20-15)21(18,19)14-4-2-1-3-5-14/h1-9,15H,10-11H2/t15-/m1/s1. The van der Waals surface area contributed by atoms with Crippen LogP contribution in [0.15, 0.2) is 64.0 Å². The van der Waals surface area contributed by atoms with Gasteiger partial charge >= 0.3 is 0 Å². The van der Waals surface area contributed by atoms with Crippen molar-refractivity contribution < 1.29 is 8.42 Å². The third kappa shape index (κ3) is 3.04. The zero-order chi connectivity index (χ0) is 14.9. The van der Waals surface area contributed by atoms with Crippen molar-refractivity contribution in [3.05, 3.63) is 64.6 Å². The van der Waals surface area contributed by atoms with Gasteiger partial charge in [0.2, 0.25) is 10.0 Å². The van der Waals surface area contributed by atoms with Gasteiger partial charge in [-0.2, -0.15) is 4.31 Å². The molecule has 2 aromatic rings. The summed E-state index contributed by atoms with van der Waals surface area (Å²) in [6, 6.07) is 16.5. The second-order valence-electron chi connectivity index (χ2n) is 4.70. The quantitative estimate of drug-likeness (QED) is 0.806. The highest BCUT2D eigenvalue weighted by atomic mass is 79.9. The van der Waals surface area contributed by atoms with E-state index in [2.05, 4.69) is 15.9 Å². The number of rotatable bonds is 3. The van der Waals surface area contributed by atoms with Crippen molar-refractivity contribution in [1.82, 2.24) is 4.31 Å². The highest BCUT2D eigenvalue weighted by Crippen LogP contribution is 2.41. The van der Waals surface area contributed by atoms with E-state index in [1.807, 2.05) is 30.3 Å². The average Bonchev–Trinajstić information content (AvgIpc) is 2.99. The number of sulfonamides is 1. The Bertz CT molecular complexity index is 717. The van der Waals surface area contributed by atoms with Crippen molar-refractivity contribution in [2.45, 2.75) is 10.3 Å². The van der Waals surface area contributed by atoms with E-state index >= 15 is 0 Å². The Hall–Kier alpha value is -0.820. The van der Waals surface area contributed by atoms with Gasteiger partial charge in [-0.1, -0.05) is 46.3 Å². The van der Waals surface area contributed by atoms with Crippen LogP contribution in [0, 0.1) is 0 Å². The van der Waals surface area contributed by atoms with Crippen LogP contribution in [0.4, 0.5) is 0 Å². The summed E-state index contributed by atoms with van der Waals surface area (Å²) in [6.07, 6.45) is 0. The largest absolute Gasteiger partial charge is 0.244 e. The molecule has 0 unspecified atom stereocenters. The zero-order valence-corrected chi connectivity index (χ0v) is 14.4. The molecule has 0 aromatic heterocycles. The molecule has 0 radical (unpaired) electrons. The molecular formula is C15H14BrNO2S2. The van der Waals surface area contributed by atoms with Crippen molar-refractivity contribution >= 4 is 37.7 Å². The summed E-state index contributed by atoms with van der Waals surface area (Å²) >= 11 is 5.07. The number of halogens is 1. The second-order valence-corrected chi connectivity index (χ2v) is 8.70. The molecular weight excluding hydrogens is 370 g/mol. The Morgan fingerprint density at radius 1 is 1.05 bits per heavy atom. The summed E-state index contributed by atoms with van der Waals surface area (Å²) in [5.74, 6) is 0.812. The lowest BCUT2D eigenvalue weighted by molar-refractivity contribution is 0.434. The number of thioether (sulfide) groups is 1. The maximum Gasteiger partial charge on any atom is 0.244 e. The first-order chi connectivity index (χ1) is 10.1. The lowest BCUT2D eigenvalue weighted by Gasteiger charge is -2.23. The minimum absolute atomic E-state index is 0.150. The number of benzene rings is 2. The third-order valence-electron chi connectivity index (χ3n) is 3.35. The Labute approximate surface area is 137 Å². The van der Waals surface area contributed by atoms with Crippen molar-refractivity contribution in [1.29, 1.82) is 0 Å². The van der Waals surface area contributed by atoms with Crippen LogP contribution in [0.1, 0.15) is 10.9 Å². The molecule has 1 aliphatic rings. The van der Waals surface area contributed by atoms with E-state index in [0.717, 1.165) is 15.8 Å². The van der Waals surface area contributed by atoms with Gasteiger partial charge in [0.25, 0.3) is 0 Å². The van der Waals surface area contributed by atoms with Crippen LogP contribution in [0.2, 0.25) is 0 Å². The molecule has 2 aromatic carbocycles. The van der Waals surface area contributed by atoms with E-state index in [4.69, 9.17) is 0 Å². The van der Waals surface area contributed by atoms with Crippen LogP contribution in [0.5, 0.6) is 0 Å². The van der Waals surface area contributed by atoms with Gasteiger partial charge < -0.3 is 0 Å². The predicted octanol–water partition coefficient (Wildman–Crippen LogP) is 3.89. The van der Waals surface area contributed by atoms with Gasteiger partial charge in [-0.25, -0.2) is 8.42 Å². The monoisotopic (exact) mass is 383 g/mol. The Balaban J connectivity index is 1.96. The molecule has 110 valence electrons. The van der Waals surface area contributed by atoms with Crippen molar-refractivity contribution in [2.24, 2.45) is 0 Å². The van der Waals surface area contributed by atoms with Crippen LogP contribution in [0.25, 0.3) is 0 Å². The van der Waals surface area contributed by atoms with Gasteiger partial charge in [0, 0.05) is 16.8 Å². The second kappa shape index (κ2) is 6.12. The molecule has 0 spiro atoms. The number of nitrogens with zero attached hydrogens (tertiary/aromatic N) is 1. The molecule has 0 N–H and O–H groups in total. The number of hydrogen-bond acceptors (Lipinski definition) is 3. The number of hydrogen-bond donors (Lipinski definition) is 0. The van der Waals surface area contributed by atoms with E-state index in [9.17, 15) is 8.42 Å². The van der Waals surface area contributed by atoms with Gasteiger partial charge in [-0.3, -0.25) is 0 Å². The first kappa shape index (κ1) is 15.1. The molecule has 1 atom stereocenters. The van der Waals surface area contributed by atoms with Gasteiger partial charge in [0.15, 0.2) is 0 Å². The molecule has 6 heteroatoms. The first-order valence-electron chi connectivity index (χ1n) is 6.53. The van der Waals surface area contributed by atoms with Crippen molar-refractivity contribution in [3.63, 3.8) is 0 Å². The molecule has 0 saturated carbocycles. The molecule has 1 aliphatic heterocycles.